The van der Waals surface area contributed by atoms with E-state index >= 15 is 0 Å². The van der Waals surface area contributed by atoms with Crippen molar-refractivity contribution in [3.8, 4) is 0 Å². The van der Waals surface area contributed by atoms with E-state index in [0.29, 0.717) is 23.8 Å². The summed E-state index contributed by atoms with van der Waals surface area (Å²) in [5, 5.41) is 9.14. The zero-order chi connectivity index (χ0) is 14.0. The lowest BCUT2D eigenvalue weighted by atomic mass is 9.72. The van der Waals surface area contributed by atoms with E-state index in [9.17, 15) is 4.79 Å². The lowest BCUT2D eigenvalue weighted by molar-refractivity contribution is -0.133. The van der Waals surface area contributed by atoms with Gasteiger partial charge in [-0.2, -0.15) is 0 Å². The summed E-state index contributed by atoms with van der Waals surface area (Å²) >= 11 is 0. The number of rotatable bonds is 2. The summed E-state index contributed by atoms with van der Waals surface area (Å²) in [5.74, 6) is 0.00662. The first kappa shape index (κ1) is 13.7. The van der Waals surface area contributed by atoms with E-state index in [4.69, 9.17) is 5.11 Å². The molecular formula is C17H20O2. The topological polar surface area (TPSA) is 37.3 Å². The minimum atomic E-state index is -0.885. The summed E-state index contributed by atoms with van der Waals surface area (Å²) < 4.78 is 0. The van der Waals surface area contributed by atoms with Crippen LogP contribution in [0.25, 0.3) is 0 Å². The van der Waals surface area contributed by atoms with Crippen LogP contribution in [0, 0.1) is 17.8 Å². The van der Waals surface area contributed by atoms with Crippen molar-refractivity contribution in [2.75, 3.05) is 0 Å². The summed E-state index contributed by atoms with van der Waals surface area (Å²) in [5.41, 5.74) is 9.26. The quantitative estimate of drug-likeness (QED) is 0.601. The third-order valence-corrected chi connectivity index (χ3v) is 4.24. The SMILES string of the molecule is C=C(C(=O)O)C1CC=C=C(C)C2=C=CCC(C)C2C1. The maximum absolute atomic E-state index is 11.1. The van der Waals surface area contributed by atoms with Crippen LogP contribution in [0.2, 0.25) is 0 Å². The molecule has 0 aromatic carbocycles. The molecule has 0 saturated heterocycles. The molecule has 2 aliphatic rings. The first-order valence-corrected chi connectivity index (χ1v) is 6.80. The van der Waals surface area contributed by atoms with E-state index in [2.05, 4.69) is 38.0 Å². The minimum absolute atomic E-state index is 0.000417. The molecule has 0 amide bonds. The highest BCUT2D eigenvalue weighted by atomic mass is 16.4. The maximum atomic E-state index is 11.1. The van der Waals surface area contributed by atoms with Gasteiger partial charge in [0, 0.05) is 16.7 Å². The molecule has 2 nitrogen and oxygen atoms in total. The molecule has 0 radical (unpaired) electrons. The number of hydrogen-bond donors (Lipinski definition) is 1. The largest absolute Gasteiger partial charge is 0.478 e. The van der Waals surface area contributed by atoms with Crippen molar-refractivity contribution in [3.63, 3.8) is 0 Å². The van der Waals surface area contributed by atoms with Crippen molar-refractivity contribution in [1.29, 1.82) is 0 Å². The van der Waals surface area contributed by atoms with E-state index in [1.807, 2.05) is 6.08 Å². The van der Waals surface area contributed by atoms with Crippen LogP contribution >= 0.6 is 0 Å². The van der Waals surface area contributed by atoms with E-state index < -0.39 is 5.97 Å². The van der Waals surface area contributed by atoms with Crippen molar-refractivity contribution in [2.24, 2.45) is 17.8 Å². The van der Waals surface area contributed by atoms with Gasteiger partial charge in [0.05, 0.1) is 0 Å². The third kappa shape index (κ3) is 2.81. The molecule has 2 aliphatic carbocycles. The van der Waals surface area contributed by atoms with E-state index in [1.54, 1.807) is 0 Å². The van der Waals surface area contributed by atoms with Crippen LogP contribution in [0.15, 0.2) is 46.9 Å². The highest BCUT2D eigenvalue weighted by Gasteiger charge is 2.30. The number of hydrogen-bond acceptors (Lipinski definition) is 1. The Morgan fingerprint density at radius 1 is 1.37 bits per heavy atom. The van der Waals surface area contributed by atoms with Gasteiger partial charge in [0.15, 0.2) is 0 Å². The summed E-state index contributed by atoms with van der Waals surface area (Å²) in [7, 11) is 0. The van der Waals surface area contributed by atoms with Crippen LogP contribution in [-0.2, 0) is 4.79 Å². The molecule has 3 atom stereocenters. The molecular weight excluding hydrogens is 236 g/mol. The van der Waals surface area contributed by atoms with Gasteiger partial charge in [-0.25, -0.2) is 4.79 Å². The minimum Gasteiger partial charge on any atom is -0.478 e. The van der Waals surface area contributed by atoms with Crippen LogP contribution in [0.3, 0.4) is 0 Å². The van der Waals surface area contributed by atoms with Crippen LogP contribution in [0.5, 0.6) is 0 Å². The van der Waals surface area contributed by atoms with Crippen LogP contribution < -0.4 is 0 Å². The molecule has 100 valence electrons. The number of aliphatic carboxylic acids is 1. The number of carboxylic acid groups (broad SMARTS) is 1. The molecule has 0 aromatic rings. The molecule has 0 spiro atoms. The Hall–Kier alpha value is -1.75. The fourth-order valence-corrected chi connectivity index (χ4v) is 2.94. The average molecular weight is 256 g/mol. The fourth-order valence-electron chi connectivity index (χ4n) is 2.94. The van der Waals surface area contributed by atoms with Crippen molar-refractivity contribution < 1.29 is 9.90 Å². The second-order valence-electron chi connectivity index (χ2n) is 5.55. The zero-order valence-electron chi connectivity index (χ0n) is 11.6. The van der Waals surface area contributed by atoms with Gasteiger partial charge in [0.2, 0.25) is 0 Å². The van der Waals surface area contributed by atoms with Crippen molar-refractivity contribution in [2.45, 2.75) is 33.1 Å². The molecule has 0 saturated carbocycles. The lowest BCUT2D eigenvalue weighted by Gasteiger charge is -2.31. The van der Waals surface area contributed by atoms with Gasteiger partial charge < -0.3 is 5.11 Å². The first-order valence-electron chi connectivity index (χ1n) is 6.80. The molecule has 19 heavy (non-hydrogen) atoms. The first-order chi connectivity index (χ1) is 9.00. The molecule has 0 bridgehead atoms. The van der Waals surface area contributed by atoms with Gasteiger partial charge in [-0.1, -0.05) is 13.5 Å². The van der Waals surface area contributed by atoms with Crippen LogP contribution in [-0.4, -0.2) is 11.1 Å². The highest BCUT2D eigenvalue weighted by molar-refractivity contribution is 5.86. The molecule has 2 heteroatoms. The van der Waals surface area contributed by atoms with E-state index in [1.165, 1.54) is 5.57 Å². The number of carboxylic acids is 1. The molecule has 0 aromatic heterocycles. The lowest BCUT2D eigenvalue weighted by Crippen LogP contribution is -2.23. The Labute approximate surface area is 114 Å². The summed E-state index contributed by atoms with van der Waals surface area (Å²) in [6.45, 7) is 8.02. The van der Waals surface area contributed by atoms with Gasteiger partial charge in [-0.3, -0.25) is 0 Å². The second-order valence-corrected chi connectivity index (χ2v) is 5.55. The van der Waals surface area contributed by atoms with Gasteiger partial charge in [-0.15, -0.1) is 11.5 Å². The third-order valence-electron chi connectivity index (χ3n) is 4.24. The van der Waals surface area contributed by atoms with Crippen molar-refractivity contribution in [3.05, 3.63) is 46.9 Å². The second kappa shape index (κ2) is 5.48. The van der Waals surface area contributed by atoms with Gasteiger partial charge in [0.1, 0.15) is 0 Å². The molecule has 0 fully saturated rings. The summed E-state index contributed by atoms with van der Waals surface area (Å²) in [6.07, 6.45) is 6.60. The monoisotopic (exact) mass is 256 g/mol. The zero-order valence-corrected chi connectivity index (χ0v) is 11.6. The van der Waals surface area contributed by atoms with E-state index in [-0.39, 0.29) is 5.92 Å². The normalized spacial score (nSPS) is 29.7. The highest BCUT2D eigenvalue weighted by Crippen LogP contribution is 2.39. The van der Waals surface area contributed by atoms with Crippen LogP contribution in [0.1, 0.15) is 33.1 Å². The molecule has 0 aliphatic heterocycles. The van der Waals surface area contributed by atoms with E-state index in [0.717, 1.165) is 18.4 Å². The smallest absolute Gasteiger partial charge is 0.331 e. The fraction of sp³-hybridized carbons (Fsp3) is 0.471. The Kier molecular flexibility index (Phi) is 3.95. The number of allylic oxidation sites excluding steroid dienone is 2. The number of fused-ring (bicyclic) bond motifs is 1. The van der Waals surface area contributed by atoms with Gasteiger partial charge in [-0.05, 0) is 56.1 Å². The van der Waals surface area contributed by atoms with Crippen LogP contribution in [0.4, 0.5) is 0 Å². The molecule has 2 rings (SSSR count). The average Bonchev–Trinajstić information content (AvgIpc) is 2.35. The predicted octanol–water partition coefficient (Wildman–Crippen LogP) is 3.88. The van der Waals surface area contributed by atoms with Gasteiger partial charge in [0.25, 0.3) is 0 Å². The van der Waals surface area contributed by atoms with Gasteiger partial charge >= 0.3 is 5.97 Å². The summed E-state index contributed by atoms with van der Waals surface area (Å²) in [6, 6.07) is 0. The Morgan fingerprint density at radius 2 is 2.05 bits per heavy atom. The molecule has 3 unspecified atom stereocenters. The molecule has 0 heterocycles. The molecule has 1 N–H and O–H groups in total. The maximum Gasteiger partial charge on any atom is 0.331 e. The Balaban J connectivity index is 2.39. The Morgan fingerprint density at radius 3 is 2.74 bits per heavy atom. The Bertz CT molecular complexity index is 538. The number of carbonyl (C=O) groups is 1. The summed E-state index contributed by atoms with van der Waals surface area (Å²) in [4.78, 5) is 11.1. The van der Waals surface area contributed by atoms with Crippen molar-refractivity contribution >= 4 is 5.97 Å². The van der Waals surface area contributed by atoms with Crippen molar-refractivity contribution in [1.82, 2.24) is 0 Å². The predicted molar refractivity (Wildman–Crippen MR) is 75.6 cm³/mol. The standard InChI is InChI=1S/C17H20O2/c1-11-6-4-8-14(13(3)17(18)19)10-16-12(2)7-5-9-15(11)16/h4-5,12,14,16H,3,7-8,10H2,1-2H3,(H,18,19).